The first-order chi connectivity index (χ1) is 14.7. The highest BCUT2D eigenvalue weighted by atomic mass is 34.0. The summed E-state index contributed by atoms with van der Waals surface area (Å²) in [7, 11) is 3.46. The van der Waals surface area contributed by atoms with E-state index in [-0.39, 0.29) is 0 Å². The Hall–Kier alpha value is 2.73. The molecule has 5 heterocycles. The minimum Gasteiger partial charge on any atom is -0.556 e. The van der Waals surface area contributed by atoms with Crippen molar-refractivity contribution in [1.29, 1.82) is 0 Å². The monoisotopic (exact) mass is 682 g/mol. The summed E-state index contributed by atoms with van der Waals surface area (Å²) in [6, 6.07) is 20.6. The summed E-state index contributed by atoms with van der Waals surface area (Å²) >= 11 is 31.7. The number of rotatable bonds is 2. The quantitative estimate of drug-likeness (QED) is 0.148. The van der Waals surface area contributed by atoms with Crippen molar-refractivity contribution in [2.75, 3.05) is 0 Å². The highest BCUT2D eigenvalue weighted by molar-refractivity contribution is 9.71. The van der Waals surface area contributed by atoms with Gasteiger partial charge in [0.1, 0.15) is 7.29 Å². The summed E-state index contributed by atoms with van der Waals surface area (Å²) in [6.45, 7) is 0. The second-order valence-electron chi connectivity index (χ2n) is 5.95. The van der Waals surface area contributed by atoms with E-state index in [0.717, 1.165) is 10.0 Å². The summed E-state index contributed by atoms with van der Waals surface area (Å²) in [5, 5.41) is 2.18. The molecule has 2 aromatic carbocycles. The van der Waals surface area contributed by atoms with E-state index >= 15 is 0 Å². The number of aromatic nitrogens is 1. The number of benzene rings is 2. The Morgan fingerprint density at radius 3 is 1.65 bits per heavy atom. The normalized spacial score (nSPS) is 35.4. The lowest BCUT2D eigenvalue weighted by Gasteiger charge is -2.61. The van der Waals surface area contributed by atoms with E-state index < -0.39 is 16.5 Å². The van der Waals surface area contributed by atoms with Crippen LogP contribution < -0.4 is 0 Å². The van der Waals surface area contributed by atoms with Crippen LogP contribution in [0.3, 0.4) is 0 Å². The third-order valence-electron chi connectivity index (χ3n) is 3.68. The predicted molar refractivity (Wildman–Crippen MR) is 174 cm³/mol. The lowest BCUT2D eigenvalue weighted by atomic mass is 10.2. The van der Waals surface area contributed by atoms with Crippen molar-refractivity contribution >= 4 is 139 Å². The number of hydrogen-bond donors (Lipinski definition) is 0. The molecule has 0 aliphatic carbocycles. The van der Waals surface area contributed by atoms with Crippen molar-refractivity contribution in [2.24, 2.45) is 0 Å². The summed E-state index contributed by atoms with van der Waals surface area (Å²) in [5.74, 6) is 0. The lowest BCUT2D eigenvalue weighted by Crippen LogP contribution is -1.86. The first-order valence-corrected chi connectivity index (χ1v) is 31.7. The van der Waals surface area contributed by atoms with Crippen LogP contribution in [0.15, 0.2) is 60.7 Å². The smallest absolute Gasteiger partial charge is 0.348 e. The molecule has 0 atom stereocenters. The van der Waals surface area contributed by atoms with Crippen LogP contribution in [-0.2, 0) is 47.2 Å². The largest absolute Gasteiger partial charge is 0.556 e. The van der Waals surface area contributed by atoms with Crippen LogP contribution in [0.2, 0.25) is 0 Å². The van der Waals surface area contributed by atoms with Crippen LogP contribution in [0.1, 0.15) is 0 Å². The predicted octanol–water partition coefficient (Wildman–Crippen LogP) is 11.8. The van der Waals surface area contributed by atoms with Gasteiger partial charge in [-0.2, -0.15) is 4.98 Å². The van der Waals surface area contributed by atoms with Crippen molar-refractivity contribution in [3.8, 4) is 21.1 Å². The standard InChI is InChI=1S/C14H10NS2.NP4S9/c1-3-7-11(8-4-1)13-15-14(17-16-13)12-9-5-2-6-10-12;6-2-1-3(7)12-4(8,10-2)14-5(9,11-2)13-3/h1-10H;/q+1;-1. The molecular weight excluding hydrogens is 673 g/mol. The van der Waals surface area contributed by atoms with Gasteiger partial charge in [0.05, 0.1) is 5.56 Å². The molecule has 4 aliphatic rings. The average Bonchev–Trinajstić information content (AvgIpc) is 3.15. The van der Waals surface area contributed by atoms with Crippen LogP contribution >= 0.6 is 92.2 Å². The van der Waals surface area contributed by atoms with E-state index in [0.29, 0.717) is 0 Å². The van der Waals surface area contributed by atoms with Crippen LogP contribution in [0.5, 0.6) is 0 Å². The minimum absolute atomic E-state index is 1.09. The molecular formula is C14H10N2P4S11. The fraction of sp³-hybridized carbons (Fsp3) is 0. The van der Waals surface area contributed by atoms with E-state index in [9.17, 15) is 0 Å². The first kappa shape index (κ1) is 25.4. The topological polar surface area (TPSA) is 27.0 Å². The molecule has 4 fully saturated rings. The van der Waals surface area contributed by atoms with E-state index in [1.165, 1.54) is 11.1 Å². The van der Waals surface area contributed by atoms with Crippen molar-refractivity contribution in [1.82, 2.24) is 4.98 Å². The zero-order valence-electron chi connectivity index (χ0n) is 14.9. The highest BCUT2D eigenvalue weighted by Gasteiger charge is 2.53. The maximum atomic E-state index is 5.70. The Labute approximate surface area is 228 Å². The van der Waals surface area contributed by atoms with Gasteiger partial charge in [-0.05, 0) is 32.3 Å². The summed E-state index contributed by atoms with van der Waals surface area (Å²) < 4.78 is -6.37. The SMILES string of the molecule is S=P12[N-]P3(=S)SP(=S)(S1)SP(=S)(S2)S3.c1ccc(-c2nc(-c3ccccc3)[s+]s2)cc1. The van der Waals surface area contributed by atoms with Gasteiger partial charge in [-0.25, -0.2) is 0 Å². The molecule has 0 amide bonds. The van der Waals surface area contributed by atoms with Crippen LogP contribution in [0.25, 0.3) is 26.0 Å². The Balaban J connectivity index is 0.000000134. The van der Waals surface area contributed by atoms with Gasteiger partial charge in [0.25, 0.3) is 0 Å². The van der Waals surface area contributed by atoms with E-state index in [4.69, 9.17) is 52.1 Å². The molecule has 17 heteroatoms. The third kappa shape index (κ3) is 6.01. The van der Waals surface area contributed by atoms with Gasteiger partial charge in [0.2, 0.25) is 0 Å². The summed E-state index contributed by atoms with van der Waals surface area (Å²) in [6.07, 6.45) is 0. The molecule has 0 radical (unpaired) electrons. The van der Waals surface area contributed by atoms with Gasteiger partial charge in [-0.1, -0.05) is 140 Å². The van der Waals surface area contributed by atoms with Crippen molar-refractivity contribution in [3.63, 3.8) is 0 Å². The summed E-state index contributed by atoms with van der Waals surface area (Å²) in [5.41, 5.74) is 2.38. The molecule has 4 aliphatic heterocycles. The molecule has 0 unspecified atom stereocenters. The molecule has 1 aromatic heterocycles. The van der Waals surface area contributed by atoms with Gasteiger partial charge in [-0.15, -0.1) is 0 Å². The molecule has 4 bridgehead atoms. The Morgan fingerprint density at radius 2 is 1.16 bits per heavy atom. The van der Waals surface area contributed by atoms with E-state index in [1.807, 2.05) is 47.4 Å². The second kappa shape index (κ2) is 9.89. The van der Waals surface area contributed by atoms with Crippen molar-refractivity contribution in [2.45, 2.75) is 0 Å². The molecule has 7 rings (SSSR count). The second-order valence-corrected chi connectivity index (χ2v) is 58.2. The minimum atomic E-state index is -1.70. The number of hydrogen-bond acceptors (Lipinski definition) is 11. The molecule has 3 aromatic rings. The summed E-state index contributed by atoms with van der Waals surface area (Å²) in [4.78, 5) is 9.42. The Kier molecular flexibility index (Phi) is 8.10. The highest BCUT2D eigenvalue weighted by Crippen LogP contribution is 3.27. The fourth-order valence-corrected chi connectivity index (χ4v) is 173. The van der Waals surface area contributed by atoms with Crippen LogP contribution in [0, 0.1) is 0 Å². The van der Waals surface area contributed by atoms with Crippen molar-refractivity contribution < 1.29 is 0 Å². The Bertz CT molecular complexity index is 1120. The van der Waals surface area contributed by atoms with Gasteiger partial charge < -0.3 is 4.86 Å². The maximum Gasteiger partial charge on any atom is 0.348 e. The fourth-order valence-electron chi connectivity index (χ4n) is 2.54. The Morgan fingerprint density at radius 1 is 0.677 bits per heavy atom. The zero-order chi connectivity index (χ0) is 21.7. The molecule has 162 valence electrons. The molecule has 0 saturated carbocycles. The first-order valence-electron chi connectivity index (χ1n) is 8.30. The van der Waals surface area contributed by atoms with Gasteiger partial charge in [-0.3, -0.25) is 0 Å². The molecule has 2 nitrogen and oxygen atoms in total. The molecule has 4 saturated heterocycles. The average molecular weight is 683 g/mol. The molecule has 31 heavy (non-hydrogen) atoms. The molecule has 0 N–H and O–H groups in total. The lowest BCUT2D eigenvalue weighted by molar-refractivity contribution is 1.42. The molecule has 0 spiro atoms. The van der Waals surface area contributed by atoms with Crippen molar-refractivity contribution in [3.05, 3.63) is 65.5 Å². The van der Waals surface area contributed by atoms with E-state index in [1.54, 1.807) is 64.7 Å². The third-order valence-corrected chi connectivity index (χ3v) is 84.8. The van der Waals surface area contributed by atoms with Crippen LogP contribution in [0.4, 0.5) is 0 Å². The van der Waals surface area contributed by atoms with E-state index in [2.05, 4.69) is 29.2 Å². The number of nitrogens with zero attached hydrogens (tertiary/aromatic N) is 2. The maximum absolute atomic E-state index is 5.70. The van der Waals surface area contributed by atoms with Gasteiger partial charge >= 0.3 is 15.3 Å². The van der Waals surface area contributed by atoms with Gasteiger partial charge in [0.15, 0.2) is 15.3 Å². The van der Waals surface area contributed by atoms with Crippen LogP contribution in [-0.4, -0.2) is 4.98 Å². The zero-order valence-corrected chi connectivity index (χ0v) is 27.5. The van der Waals surface area contributed by atoms with Gasteiger partial charge in [0, 0.05) is 5.56 Å².